The molecule has 0 unspecified atom stereocenters. The Labute approximate surface area is 115 Å². The quantitative estimate of drug-likeness (QED) is 0.886. The van der Waals surface area contributed by atoms with Crippen LogP contribution in [0.25, 0.3) is 0 Å². The summed E-state index contributed by atoms with van der Waals surface area (Å²) in [4.78, 5) is 16.1. The van der Waals surface area contributed by atoms with Gasteiger partial charge in [0, 0.05) is 37.9 Å². The van der Waals surface area contributed by atoms with Gasteiger partial charge in [0.15, 0.2) is 0 Å². The fraction of sp³-hybridized carbons (Fsp3) is 0.533. The topological polar surface area (TPSA) is 35.6 Å². The number of piperazine rings is 1. The Balaban J connectivity index is 1.88. The second kappa shape index (κ2) is 5.95. The van der Waals surface area contributed by atoms with Gasteiger partial charge >= 0.3 is 6.03 Å². The van der Waals surface area contributed by atoms with Crippen molar-refractivity contribution in [1.29, 1.82) is 0 Å². The minimum atomic E-state index is 0.0542. The van der Waals surface area contributed by atoms with Gasteiger partial charge in [0.2, 0.25) is 0 Å². The minimum absolute atomic E-state index is 0.0542. The van der Waals surface area contributed by atoms with Gasteiger partial charge in [-0.15, -0.1) is 0 Å². The molecular weight excluding hydrogens is 238 g/mol. The predicted octanol–water partition coefficient (Wildman–Crippen LogP) is 2.24. The highest BCUT2D eigenvalue weighted by molar-refractivity contribution is 5.74. The van der Waals surface area contributed by atoms with Gasteiger partial charge in [0.1, 0.15) is 0 Å². The minimum Gasteiger partial charge on any atom is -0.368 e. The molecular formula is C15H23N3O. The second-order valence-corrected chi connectivity index (χ2v) is 5.41. The summed E-state index contributed by atoms with van der Waals surface area (Å²) in [5.41, 5.74) is 2.52. The smallest absolute Gasteiger partial charge is 0.317 e. The molecule has 0 spiro atoms. The van der Waals surface area contributed by atoms with E-state index in [0.717, 1.165) is 26.2 Å². The number of nitrogens with one attached hydrogen (secondary N) is 1. The van der Waals surface area contributed by atoms with Crippen LogP contribution in [-0.2, 0) is 0 Å². The monoisotopic (exact) mass is 261 g/mol. The lowest BCUT2D eigenvalue weighted by Gasteiger charge is -2.36. The van der Waals surface area contributed by atoms with Gasteiger partial charge in [0.05, 0.1) is 0 Å². The average Bonchev–Trinajstić information content (AvgIpc) is 2.39. The van der Waals surface area contributed by atoms with Gasteiger partial charge in [-0.1, -0.05) is 17.7 Å². The maximum atomic E-state index is 11.9. The van der Waals surface area contributed by atoms with Crippen LogP contribution in [0.15, 0.2) is 24.3 Å². The molecule has 0 atom stereocenters. The Kier molecular flexibility index (Phi) is 4.30. The van der Waals surface area contributed by atoms with E-state index in [2.05, 4.69) is 41.4 Å². The zero-order valence-corrected chi connectivity index (χ0v) is 12.0. The number of anilines is 1. The van der Waals surface area contributed by atoms with Crippen LogP contribution < -0.4 is 10.2 Å². The van der Waals surface area contributed by atoms with Crippen molar-refractivity contribution in [3.63, 3.8) is 0 Å². The maximum Gasteiger partial charge on any atom is 0.317 e. The molecule has 0 radical (unpaired) electrons. The Bertz CT molecular complexity index is 420. The van der Waals surface area contributed by atoms with E-state index >= 15 is 0 Å². The van der Waals surface area contributed by atoms with E-state index in [9.17, 15) is 4.79 Å². The van der Waals surface area contributed by atoms with Crippen LogP contribution in [-0.4, -0.2) is 43.2 Å². The fourth-order valence-corrected chi connectivity index (χ4v) is 2.26. The lowest BCUT2D eigenvalue weighted by atomic mass is 10.2. The molecule has 1 aliphatic heterocycles. The Morgan fingerprint density at radius 1 is 1.11 bits per heavy atom. The van der Waals surface area contributed by atoms with Gasteiger partial charge in [-0.3, -0.25) is 0 Å². The molecule has 2 rings (SSSR count). The number of urea groups is 1. The molecule has 1 saturated heterocycles. The zero-order valence-electron chi connectivity index (χ0n) is 12.0. The maximum absolute atomic E-state index is 11.9. The van der Waals surface area contributed by atoms with Gasteiger partial charge in [-0.25, -0.2) is 4.79 Å². The summed E-state index contributed by atoms with van der Waals surface area (Å²) in [6.45, 7) is 9.43. The van der Waals surface area contributed by atoms with Crippen molar-refractivity contribution < 1.29 is 4.79 Å². The summed E-state index contributed by atoms with van der Waals surface area (Å²) in [6, 6.07) is 8.82. The molecule has 0 aliphatic carbocycles. The van der Waals surface area contributed by atoms with Crippen molar-refractivity contribution in [3.8, 4) is 0 Å². The molecule has 104 valence electrons. The van der Waals surface area contributed by atoms with Crippen molar-refractivity contribution in [1.82, 2.24) is 10.2 Å². The standard InChI is InChI=1S/C15H23N3O/c1-12(2)16-15(19)18-10-8-17(9-11-18)14-6-4-13(3)5-7-14/h4-7,12H,8-11H2,1-3H3,(H,16,19). The lowest BCUT2D eigenvalue weighted by molar-refractivity contribution is 0.192. The van der Waals surface area contributed by atoms with Crippen LogP contribution >= 0.6 is 0 Å². The normalized spacial score (nSPS) is 15.8. The van der Waals surface area contributed by atoms with Gasteiger partial charge in [-0.2, -0.15) is 0 Å². The van der Waals surface area contributed by atoms with Gasteiger partial charge in [0.25, 0.3) is 0 Å². The number of carbonyl (C=O) groups is 1. The molecule has 4 heteroatoms. The Morgan fingerprint density at radius 3 is 2.21 bits per heavy atom. The summed E-state index contributed by atoms with van der Waals surface area (Å²) in [6.07, 6.45) is 0. The average molecular weight is 261 g/mol. The summed E-state index contributed by atoms with van der Waals surface area (Å²) < 4.78 is 0. The van der Waals surface area contributed by atoms with Crippen LogP contribution in [0, 0.1) is 6.92 Å². The predicted molar refractivity (Wildman–Crippen MR) is 78.6 cm³/mol. The molecule has 2 amide bonds. The molecule has 1 aromatic carbocycles. The van der Waals surface area contributed by atoms with Gasteiger partial charge in [-0.05, 0) is 32.9 Å². The molecule has 0 aromatic heterocycles. The number of hydrogen-bond acceptors (Lipinski definition) is 2. The van der Waals surface area contributed by atoms with E-state index in [4.69, 9.17) is 0 Å². The number of rotatable bonds is 2. The summed E-state index contributed by atoms with van der Waals surface area (Å²) in [5, 5.41) is 2.94. The van der Waals surface area contributed by atoms with Crippen molar-refractivity contribution in [3.05, 3.63) is 29.8 Å². The van der Waals surface area contributed by atoms with Crippen LogP contribution in [0.1, 0.15) is 19.4 Å². The zero-order chi connectivity index (χ0) is 13.8. The Morgan fingerprint density at radius 2 is 1.68 bits per heavy atom. The molecule has 1 aromatic rings. The highest BCUT2D eigenvalue weighted by atomic mass is 16.2. The summed E-state index contributed by atoms with van der Waals surface area (Å²) >= 11 is 0. The SMILES string of the molecule is Cc1ccc(N2CCN(C(=O)NC(C)C)CC2)cc1. The lowest BCUT2D eigenvalue weighted by Crippen LogP contribution is -2.52. The molecule has 1 fully saturated rings. The molecule has 19 heavy (non-hydrogen) atoms. The van der Waals surface area contributed by atoms with Crippen molar-refractivity contribution in [2.75, 3.05) is 31.1 Å². The van der Waals surface area contributed by atoms with Crippen LogP contribution in [0.5, 0.6) is 0 Å². The van der Waals surface area contributed by atoms with E-state index < -0.39 is 0 Å². The number of aryl methyl sites for hydroxylation is 1. The van der Waals surface area contributed by atoms with Crippen LogP contribution in [0.4, 0.5) is 10.5 Å². The summed E-state index contributed by atoms with van der Waals surface area (Å²) in [5.74, 6) is 0. The first kappa shape index (κ1) is 13.7. The van der Waals surface area contributed by atoms with Crippen molar-refractivity contribution in [2.45, 2.75) is 26.8 Å². The molecule has 1 heterocycles. The largest absolute Gasteiger partial charge is 0.368 e. The third-order valence-corrected chi connectivity index (χ3v) is 3.38. The number of benzene rings is 1. The second-order valence-electron chi connectivity index (χ2n) is 5.41. The number of amides is 2. The van der Waals surface area contributed by atoms with Crippen LogP contribution in [0.3, 0.4) is 0 Å². The van der Waals surface area contributed by atoms with E-state index in [1.165, 1.54) is 11.3 Å². The molecule has 1 N–H and O–H groups in total. The van der Waals surface area contributed by atoms with Crippen molar-refractivity contribution in [2.24, 2.45) is 0 Å². The Hall–Kier alpha value is -1.71. The number of hydrogen-bond donors (Lipinski definition) is 1. The highest BCUT2D eigenvalue weighted by Crippen LogP contribution is 2.17. The fourth-order valence-electron chi connectivity index (χ4n) is 2.26. The third kappa shape index (κ3) is 3.63. The molecule has 0 saturated carbocycles. The van der Waals surface area contributed by atoms with E-state index in [1.807, 2.05) is 18.7 Å². The first-order valence-corrected chi connectivity index (χ1v) is 6.93. The van der Waals surface area contributed by atoms with E-state index in [-0.39, 0.29) is 12.1 Å². The van der Waals surface area contributed by atoms with Gasteiger partial charge < -0.3 is 15.1 Å². The highest BCUT2D eigenvalue weighted by Gasteiger charge is 2.21. The summed E-state index contributed by atoms with van der Waals surface area (Å²) in [7, 11) is 0. The molecule has 1 aliphatic rings. The van der Waals surface area contributed by atoms with E-state index in [1.54, 1.807) is 0 Å². The first-order valence-electron chi connectivity index (χ1n) is 6.93. The van der Waals surface area contributed by atoms with E-state index in [0.29, 0.717) is 0 Å². The third-order valence-electron chi connectivity index (χ3n) is 3.38. The first-order chi connectivity index (χ1) is 9.06. The molecule has 4 nitrogen and oxygen atoms in total. The number of carbonyl (C=O) groups excluding carboxylic acids is 1. The van der Waals surface area contributed by atoms with Crippen molar-refractivity contribution >= 4 is 11.7 Å². The number of nitrogens with zero attached hydrogens (tertiary/aromatic N) is 2. The molecule has 0 bridgehead atoms. The van der Waals surface area contributed by atoms with Crippen LogP contribution in [0.2, 0.25) is 0 Å².